The molecule has 2 N–H and O–H groups in total. The Labute approximate surface area is 116 Å². The third-order valence-electron chi connectivity index (χ3n) is 2.94. The second kappa shape index (κ2) is 5.66. The number of aromatic amines is 1. The van der Waals surface area contributed by atoms with Crippen molar-refractivity contribution in [2.75, 3.05) is 0 Å². The lowest BCUT2D eigenvalue weighted by molar-refractivity contribution is 0.369. The predicted octanol–water partition coefficient (Wildman–Crippen LogP) is 2.06. The summed E-state index contributed by atoms with van der Waals surface area (Å²) in [7, 11) is 0. The van der Waals surface area contributed by atoms with Gasteiger partial charge in [-0.3, -0.25) is 0 Å². The summed E-state index contributed by atoms with van der Waals surface area (Å²) in [4.78, 5) is 0. The van der Waals surface area contributed by atoms with Crippen LogP contribution in [0.4, 0.5) is 0 Å². The zero-order chi connectivity index (χ0) is 13.8. The van der Waals surface area contributed by atoms with E-state index in [-0.39, 0.29) is 0 Å². The van der Waals surface area contributed by atoms with Crippen LogP contribution in [0.1, 0.15) is 17.1 Å². The van der Waals surface area contributed by atoms with Crippen LogP contribution in [0.25, 0.3) is 11.3 Å². The third-order valence-corrected chi connectivity index (χ3v) is 2.94. The van der Waals surface area contributed by atoms with Gasteiger partial charge in [-0.2, -0.15) is 15.4 Å². The van der Waals surface area contributed by atoms with Crippen molar-refractivity contribution in [2.45, 2.75) is 20.0 Å². The largest absolute Gasteiger partial charge is 0.360 e. The van der Waals surface area contributed by atoms with E-state index in [1.807, 2.05) is 43.3 Å². The molecule has 0 aliphatic rings. The number of aromatic nitrogens is 4. The molecule has 2 heterocycles. The Bertz CT molecular complexity index is 674. The maximum absolute atomic E-state index is 5.14. The van der Waals surface area contributed by atoms with Gasteiger partial charge in [0.1, 0.15) is 11.4 Å². The molecule has 0 radical (unpaired) electrons. The Kier molecular flexibility index (Phi) is 3.56. The zero-order valence-corrected chi connectivity index (χ0v) is 11.1. The summed E-state index contributed by atoms with van der Waals surface area (Å²) >= 11 is 0. The van der Waals surface area contributed by atoms with Crippen molar-refractivity contribution in [1.29, 1.82) is 0 Å². The van der Waals surface area contributed by atoms with Crippen molar-refractivity contribution in [3.63, 3.8) is 0 Å². The van der Waals surface area contributed by atoms with E-state index in [1.165, 1.54) is 0 Å². The van der Waals surface area contributed by atoms with Gasteiger partial charge < -0.3 is 9.84 Å². The number of hydrogen-bond donors (Lipinski definition) is 2. The molecule has 3 aromatic rings. The summed E-state index contributed by atoms with van der Waals surface area (Å²) in [5.74, 6) is 0.812. The smallest absolute Gasteiger partial charge is 0.150 e. The molecule has 6 heteroatoms. The molecule has 0 amide bonds. The van der Waals surface area contributed by atoms with Gasteiger partial charge in [0, 0.05) is 18.2 Å². The van der Waals surface area contributed by atoms with E-state index >= 15 is 0 Å². The highest BCUT2D eigenvalue weighted by atomic mass is 16.5. The zero-order valence-electron chi connectivity index (χ0n) is 11.1. The first-order chi connectivity index (χ1) is 9.83. The van der Waals surface area contributed by atoms with Crippen molar-refractivity contribution < 1.29 is 4.52 Å². The minimum atomic E-state index is 0.612. The lowest BCUT2D eigenvalue weighted by Crippen LogP contribution is -2.13. The number of rotatable bonds is 5. The standard InChI is InChI=1S/C14H15N5O/c1-10-7-12(20-18-10)8-15-9-13-14(17-19-16-13)11-5-3-2-4-6-11/h2-7,15H,8-9H2,1H3,(H,16,17,19). The van der Waals surface area contributed by atoms with E-state index in [2.05, 4.69) is 25.9 Å². The van der Waals surface area contributed by atoms with Crippen molar-refractivity contribution in [3.05, 3.63) is 53.5 Å². The first-order valence-corrected chi connectivity index (χ1v) is 6.41. The van der Waals surface area contributed by atoms with Gasteiger partial charge >= 0.3 is 0 Å². The molecule has 0 aliphatic heterocycles. The van der Waals surface area contributed by atoms with E-state index in [0.717, 1.165) is 28.4 Å². The molecule has 20 heavy (non-hydrogen) atoms. The molecule has 0 unspecified atom stereocenters. The second-order valence-electron chi connectivity index (χ2n) is 4.52. The molecule has 102 valence electrons. The number of nitrogens with zero attached hydrogens (tertiary/aromatic N) is 3. The van der Waals surface area contributed by atoms with Gasteiger partial charge in [-0.05, 0) is 6.92 Å². The maximum Gasteiger partial charge on any atom is 0.150 e. The first-order valence-electron chi connectivity index (χ1n) is 6.41. The summed E-state index contributed by atoms with van der Waals surface area (Å²) < 4.78 is 5.14. The average molecular weight is 269 g/mol. The van der Waals surface area contributed by atoms with Crippen LogP contribution in [0, 0.1) is 6.92 Å². The lowest BCUT2D eigenvalue weighted by Gasteiger charge is -2.02. The quantitative estimate of drug-likeness (QED) is 0.741. The minimum Gasteiger partial charge on any atom is -0.360 e. The van der Waals surface area contributed by atoms with Gasteiger partial charge in [0.25, 0.3) is 0 Å². The fourth-order valence-corrected chi connectivity index (χ4v) is 2.01. The number of aryl methyl sites for hydroxylation is 1. The van der Waals surface area contributed by atoms with E-state index in [0.29, 0.717) is 13.1 Å². The molecule has 0 aliphatic carbocycles. The van der Waals surface area contributed by atoms with E-state index in [1.54, 1.807) is 0 Å². The van der Waals surface area contributed by atoms with Crippen LogP contribution in [0.2, 0.25) is 0 Å². The van der Waals surface area contributed by atoms with E-state index < -0.39 is 0 Å². The third kappa shape index (κ3) is 2.75. The number of hydrogen-bond acceptors (Lipinski definition) is 5. The molecular formula is C14H15N5O. The Hall–Kier alpha value is -2.47. The number of benzene rings is 1. The molecule has 0 saturated carbocycles. The van der Waals surface area contributed by atoms with Gasteiger partial charge in [-0.15, -0.1) is 0 Å². The summed E-state index contributed by atoms with van der Waals surface area (Å²) in [6.45, 7) is 3.13. The van der Waals surface area contributed by atoms with Crippen LogP contribution in [-0.2, 0) is 13.1 Å². The highest BCUT2D eigenvalue weighted by Crippen LogP contribution is 2.18. The van der Waals surface area contributed by atoms with Crippen molar-refractivity contribution >= 4 is 0 Å². The van der Waals surface area contributed by atoms with Gasteiger partial charge in [0.15, 0.2) is 5.76 Å². The Morgan fingerprint density at radius 2 is 2.00 bits per heavy atom. The van der Waals surface area contributed by atoms with Crippen LogP contribution >= 0.6 is 0 Å². The highest BCUT2D eigenvalue weighted by Gasteiger charge is 2.09. The SMILES string of the molecule is Cc1cc(CNCc2n[nH]nc2-c2ccccc2)on1. The average Bonchev–Trinajstić information content (AvgIpc) is 3.09. The van der Waals surface area contributed by atoms with Crippen LogP contribution in [0.3, 0.4) is 0 Å². The van der Waals surface area contributed by atoms with E-state index in [4.69, 9.17) is 4.52 Å². The van der Waals surface area contributed by atoms with Crippen LogP contribution < -0.4 is 5.32 Å². The molecule has 0 fully saturated rings. The summed E-state index contributed by atoms with van der Waals surface area (Å²) in [6, 6.07) is 11.9. The summed E-state index contributed by atoms with van der Waals surface area (Å²) in [5.41, 5.74) is 3.68. The highest BCUT2D eigenvalue weighted by molar-refractivity contribution is 5.60. The summed E-state index contributed by atoms with van der Waals surface area (Å²) in [6.07, 6.45) is 0. The Morgan fingerprint density at radius 3 is 2.75 bits per heavy atom. The normalized spacial score (nSPS) is 10.8. The lowest BCUT2D eigenvalue weighted by atomic mass is 10.1. The second-order valence-corrected chi connectivity index (χ2v) is 4.52. The van der Waals surface area contributed by atoms with Gasteiger partial charge in [0.2, 0.25) is 0 Å². The van der Waals surface area contributed by atoms with Crippen LogP contribution in [0.5, 0.6) is 0 Å². The van der Waals surface area contributed by atoms with Crippen molar-refractivity contribution in [1.82, 2.24) is 25.9 Å². The molecule has 0 saturated heterocycles. The monoisotopic (exact) mass is 269 g/mol. The molecular weight excluding hydrogens is 254 g/mol. The molecule has 6 nitrogen and oxygen atoms in total. The number of nitrogens with one attached hydrogen (secondary N) is 2. The van der Waals surface area contributed by atoms with E-state index in [9.17, 15) is 0 Å². The molecule has 0 bridgehead atoms. The Morgan fingerprint density at radius 1 is 1.15 bits per heavy atom. The fraction of sp³-hybridized carbons (Fsp3) is 0.214. The topological polar surface area (TPSA) is 79.6 Å². The first kappa shape index (κ1) is 12.6. The minimum absolute atomic E-state index is 0.612. The fourth-order valence-electron chi connectivity index (χ4n) is 2.01. The molecule has 3 rings (SSSR count). The van der Waals surface area contributed by atoms with Crippen LogP contribution in [0.15, 0.2) is 40.9 Å². The molecule has 1 aromatic carbocycles. The van der Waals surface area contributed by atoms with Gasteiger partial charge in [-0.1, -0.05) is 35.5 Å². The van der Waals surface area contributed by atoms with Crippen LogP contribution in [-0.4, -0.2) is 20.6 Å². The van der Waals surface area contributed by atoms with Gasteiger partial charge in [0.05, 0.1) is 12.2 Å². The number of H-pyrrole nitrogens is 1. The predicted molar refractivity (Wildman–Crippen MR) is 73.6 cm³/mol. The van der Waals surface area contributed by atoms with Crippen molar-refractivity contribution in [2.24, 2.45) is 0 Å². The summed E-state index contributed by atoms with van der Waals surface area (Å²) in [5, 5.41) is 18.2. The van der Waals surface area contributed by atoms with Gasteiger partial charge in [-0.25, -0.2) is 0 Å². The maximum atomic E-state index is 5.14. The van der Waals surface area contributed by atoms with Crippen molar-refractivity contribution in [3.8, 4) is 11.3 Å². The molecule has 0 atom stereocenters. The Balaban J connectivity index is 1.65. The molecule has 2 aromatic heterocycles. The molecule has 0 spiro atoms.